The molecule has 6 heteroatoms. The first-order valence-electron chi connectivity index (χ1n) is 5.95. The third-order valence-electron chi connectivity index (χ3n) is 2.76. The minimum absolute atomic E-state index is 0.0563. The van der Waals surface area contributed by atoms with Crippen LogP contribution in [0.1, 0.15) is 32.6 Å². The van der Waals surface area contributed by atoms with Crippen LogP contribution in [-0.4, -0.2) is 41.0 Å². The summed E-state index contributed by atoms with van der Waals surface area (Å²) < 4.78 is 0. The van der Waals surface area contributed by atoms with Gasteiger partial charge in [0.05, 0.1) is 0 Å². The van der Waals surface area contributed by atoms with E-state index in [1.807, 2.05) is 13.0 Å². The Labute approximate surface area is 106 Å². The van der Waals surface area contributed by atoms with E-state index in [1.54, 1.807) is 4.90 Å². The topological polar surface area (TPSA) is 86.7 Å². The van der Waals surface area contributed by atoms with Gasteiger partial charge in [-0.25, -0.2) is 4.79 Å². The predicted molar refractivity (Wildman–Crippen MR) is 65.0 cm³/mol. The summed E-state index contributed by atoms with van der Waals surface area (Å²) in [5.74, 6) is -1.36. The highest BCUT2D eigenvalue weighted by Gasteiger charge is 2.17. The lowest BCUT2D eigenvalue weighted by Gasteiger charge is -2.25. The van der Waals surface area contributed by atoms with Gasteiger partial charge in [0.2, 0.25) is 5.91 Å². The van der Waals surface area contributed by atoms with Crippen LogP contribution < -0.4 is 5.32 Å². The van der Waals surface area contributed by atoms with Crippen molar-refractivity contribution in [1.29, 1.82) is 0 Å². The molecule has 0 aromatic heterocycles. The van der Waals surface area contributed by atoms with Crippen molar-refractivity contribution in [3.8, 4) is 0 Å². The molecule has 100 valence electrons. The van der Waals surface area contributed by atoms with E-state index in [2.05, 4.69) is 5.32 Å². The molecule has 0 aliphatic carbocycles. The normalized spacial score (nSPS) is 14.9. The van der Waals surface area contributed by atoms with E-state index in [-0.39, 0.29) is 19.3 Å². The maximum atomic E-state index is 11.7. The minimum Gasteiger partial charge on any atom is -0.481 e. The molecule has 1 aliphatic heterocycles. The summed E-state index contributed by atoms with van der Waals surface area (Å²) >= 11 is 0. The maximum absolute atomic E-state index is 11.7. The van der Waals surface area contributed by atoms with Gasteiger partial charge in [-0.2, -0.15) is 0 Å². The lowest BCUT2D eigenvalue weighted by atomic mass is 10.1. The Morgan fingerprint density at radius 2 is 2.11 bits per heavy atom. The Balaban J connectivity index is 2.27. The van der Waals surface area contributed by atoms with Crippen LogP contribution in [0.5, 0.6) is 0 Å². The Morgan fingerprint density at radius 3 is 2.67 bits per heavy atom. The highest BCUT2D eigenvalue weighted by molar-refractivity contribution is 5.94. The van der Waals surface area contributed by atoms with Gasteiger partial charge in [-0.3, -0.25) is 14.9 Å². The largest absolute Gasteiger partial charge is 0.481 e. The summed E-state index contributed by atoms with van der Waals surface area (Å²) in [6, 6.07) is -0.404. The number of nitrogens with zero attached hydrogens (tertiary/aromatic N) is 1. The third-order valence-corrected chi connectivity index (χ3v) is 2.76. The first-order valence-corrected chi connectivity index (χ1v) is 5.95. The second-order valence-corrected chi connectivity index (χ2v) is 4.35. The summed E-state index contributed by atoms with van der Waals surface area (Å²) in [7, 11) is 0. The van der Waals surface area contributed by atoms with Crippen LogP contribution in [-0.2, 0) is 9.59 Å². The van der Waals surface area contributed by atoms with Crippen molar-refractivity contribution in [3.05, 3.63) is 11.6 Å². The maximum Gasteiger partial charge on any atom is 0.324 e. The number of carbonyl (C=O) groups is 3. The molecule has 0 fully saturated rings. The molecule has 2 N–H and O–H groups in total. The molecule has 18 heavy (non-hydrogen) atoms. The average molecular weight is 254 g/mol. The molecular weight excluding hydrogens is 236 g/mol. The molecule has 6 nitrogen and oxygen atoms in total. The molecule has 0 bridgehead atoms. The molecule has 1 aliphatic rings. The van der Waals surface area contributed by atoms with Crippen LogP contribution in [0.25, 0.3) is 0 Å². The first-order chi connectivity index (χ1) is 8.49. The second-order valence-electron chi connectivity index (χ2n) is 4.35. The van der Waals surface area contributed by atoms with E-state index in [1.165, 1.54) is 5.57 Å². The minimum atomic E-state index is -0.939. The number of hydrogen-bond donors (Lipinski definition) is 2. The number of rotatable bonds is 4. The summed E-state index contributed by atoms with van der Waals surface area (Å²) in [4.78, 5) is 34.9. The van der Waals surface area contributed by atoms with Gasteiger partial charge >= 0.3 is 12.0 Å². The Bertz CT molecular complexity index is 376. The van der Waals surface area contributed by atoms with Crippen molar-refractivity contribution < 1.29 is 19.5 Å². The molecule has 0 unspecified atom stereocenters. The average Bonchev–Trinajstić information content (AvgIpc) is 2.29. The van der Waals surface area contributed by atoms with Gasteiger partial charge < -0.3 is 10.0 Å². The van der Waals surface area contributed by atoms with Crippen LogP contribution in [0.4, 0.5) is 4.79 Å². The number of carboxylic acid groups (broad SMARTS) is 1. The molecule has 0 aromatic carbocycles. The van der Waals surface area contributed by atoms with Gasteiger partial charge in [-0.05, 0) is 19.8 Å². The van der Waals surface area contributed by atoms with E-state index in [9.17, 15) is 14.4 Å². The van der Waals surface area contributed by atoms with Crippen LogP contribution in [0.3, 0.4) is 0 Å². The number of hydrogen-bond acceptors (Lipinski definition) is 3. The number of carboxylic acids is 1. The number of imide groups is 1. The zero-order valence-electron chi connectivity index (χ0n) is 10.4. The van der Waals surface area contributed by atoms with Gasteiger partial charge in [0.1, 0.15) is 0 Å². The van der Waals surface area contributed by atoms with Crippen LogP contribution in [0.2, 0.25) is 0 Å². The summed E-state index contributed by atoms with van der Waals surface area (Å²) in [6.45, 7) is 3.13. The Morgan fingerprint density at radius 1 is 1.39 bits per heavy atom. The zero-order chi connectivity index (χ0) is 13.5. The van der Waals surface area contributed by atoms with Gasteiger partial charge in [-0.15, -0.1) is 0 Å². The van der Waals surface area contributed by atoms with Crippen molar-refractivity contribution in [2.75, 3.05) is 13.1 Å². The molecule has 0 saturated carbocycles. The number of amides is 3. The molecule has 3 amide bonds. The Hall–Kier alpha value is -1.85. The lowest BCUT2D eigenvalue weighted by Crippen LogP contribution is -2.44. The fourth-order valence-corrected chi connectivity index (χ4v) is 1.62. The fourth-order valence-electron chi connectivity index (χ4n) is 1.62. The monoisotopic (exact) mass is 254 g/mol. The standard InChI is InChI=1S/C12H18N2O4/c1-9-5-7-14(8-6-9)12(18)13-10(15)3-2-4-11(16)17/h5H,2-4,6-8H2,1H3,(H,16,17)(H,13,15,18). The predicted octanol–water partition coefficient (Wildman–Crippen LogP) is 1.13. The van der Waals surface area contributed by atoms with Crippen LogP contribution in [0.15, 0.2) is 11.6 Å². The molecule has 0 atom stereocenters. The van der Waals surface area contributed by atoms with Crippen molar-refractivity contribution in [3.63, 3.8) is 0 Å². The summed E-state index contributed by atoms with van der Waals surface area (Å²) in [5, 5.41) is 10.7. The fraction of sp³-hybridized carbons (Fsp3) is 0.583. The van der Waals surface area contributed by atoms with Gasteiger partial charge in [-0.1, -0.05) is 11.6 Å². The zero-order valence-corrected chi connectivity index (χ0v) is 10.4. The number of carbonyl (C=O) groups excluding carboxylic acids is 2. The van der Waals surface area contributed by atoms with Crippen molar-refractivity contribution in [2.24, 2.45) is 0 Å². The van der Waals surface area contributed by atoms with Crippen molar-refractivity contribution in [2.45, 2.75) is 32.6 Å². The molecule has 0 spiro atoms. The summed E-state index contributed by atoms with van der Waals surface area (Å²) in [6.07, 6.45) is 3.01. The second kappa shape index (κ2) is 6.78. The number of urea groups is 1. The van der Waals surface area contributed by atoms with Crippen molar-refractivity contribution in [1.82, 2.24) is 10.2 Å². The molecule has 1 rings (SSSR count). The first kappa shape index (κ1) is 14.2. The molecule has 0 aromatic rings. The van der Waals surface area contributed by atoms with Crippen LogP contribution in [0, 0.1) is 0 Å². The SMILES string of the molecule is CC1=CCN(C(=O)NC(=O)CCCC(=O)O)CC1. The van der Waals surface area contributed by atoms with E-state index < -0.39 is 17.9 Å². The quantitative estimate of drug-likeness (QED) is 0.736. The van der Waals surface area contributed by atoms with E-state index in [4.69, 9.17) is 5.11 Å². The molecule has 0 saturated heterocycles. The third kappa shape index (κ3) is 4.99. The smallest absolute Gasteiger partial charge is 0.324 e. The van der Waals surface area contributed by atoms with E-state index >= 15 is 0 Å². The summed E-state index contributed by atoms with van der Waals surface area (Å²) in [5.41, 5.74) is 1.24. The number of aliphatic carboxylic acids is 1. The van der Waals surface area contributed by atoms with E-state index in [0.717, 1.165) is 6.42 Å². The molecule has 1 heterocycles. The number of nitrogens with one attached hydrogen (secondary N) is 1. The van der Waals surface area contributed by atoms with Crippen LogP contribution >= 0.6 is 0 Å². The van der Waals surface area contributed by atoms with Gasteiger partial charge in [0.15, 0.2) is 0 Å². The van der Waals surface area contributed by atoms with Gasteiger partial charge in [0, 0.05) is 25.9 Å². The Kier molecular flexibility index (Phi) is 5.35. The lowest BCUT2D eigenvalue weighted by molar-refractivity contribution is -0.137. The van der Waals surface area contributed by atoms with Gasteiger partial charge in [0.25, 0.3) is 0 Å². The molecule has 0 radical (unpaired) electrons. The van der Waals surface area contributed by atoms with E-state index in [0.29, 0.717) is 13.1 Å². The van der Waals surface area contributed by atoms with Crippen molar-refractivity contribution >= 4 is 17.9 Å². The highest BCUT2D eigenvalue weighted by atomic mass is 16.4. The highest BCUT2D eigenvalue weighted by Crippen LogP contribution is 2.09. The molecular formula is C12H18N2O4.